The van der Waals surface area contributed by atoms with E-state index < -0.39 is 18.5 Å². The van der Waals surface area contributed by atoms with Gasteiger partial charge >= 0.3 is 0 Å². The third kappa shape index (κ3) is 3.76. The molecule has 20 heavy (non-hydrogen) atoms. The van der Waals surface area contributed by atoms with E-state index in [2.05, 4.69) is 24.2 Å². The van der Waals surface area contributed by atoms with Gasteiger partial charge < -0.3 is 19.7 Å². The monoisotopic (exact) mass is 285 g/mol. The van der Waals surface area contributed by atoms with Crippen LogP contribution in [0, 0.1) is 5.92 Å². The Morgan fingerprint density at radius 1 is 1.50 bits per heavy atom. The molecule has 1 aliphatic rings. The van der Waals surface area contributed by atoms with Crippen LogP contribution in [0.1, 0.15) is 26.0 Å². The Kier molecular flexibility index (Phi) is 5.09. The lowest BCUT2D eigenvalue weighted by Crippen LogP contribution is -2.50. The summed E-state index contributed by atoms with van der Waals surface area (Å²) in [4.78, 5) is 0. The van der Waals surface area contributed by atoms with Crippen molar-refractivity contribution in [3.63, 3.8) is 0 Å². The number of aliphatic hydroxyl groups excluding tert-OH is 2. The zero-order valence-corrected chi connectivity index (χ0v) is 12.1. The lowest BCUT2D eigenvalue weighted by Gasteiger charge is -2.36. The molecule has 1 aromatic heterocycles. The summed E-state index contributed by atoms with van der Waals surface area (Å²) in [5.41, 5.74) is 0.944. The number of hydrogen-bond acceptors (Lipinski definition) is 6. The van der Waals surface area contributed by atoms with Crippen molar-refractivity contribution in [1.82, 2.24) is 15.0 Å². The third-order valence-corrected chi connectivity index (χ3v) is 3.33. The highest BCUT2D eigenvalue weighted by Crippen LogP contribution is 2.22. The SMILES string of the molecule is CO[C@H]1O[C@H](Cn2cc(CC(C)C)nn2)C[C@H](O)[C@H]1O. The van der Waals surface area contributed by atoms with Crippen LogP contribution in [-0.4, -0.2) is 56.9 Å². The largest absolute Gasteiger partial charge is 0.390 e. The van der Waals surface area contributed by atoms with Crippen molar-refractivity contribution in [3.05, 3.63) is 11.9 Å². The maximum absolute atomic E-state index is 9.80. The van der Waals surface area contributed by atoms with Gasteiger partial charge in [-0.05, 0) is 12.3 Å². The molecule has 7 heteroatoms. The Labute approximate surface area is 118 Å². The molecule has 0 amide bonds. The summed E-state index contributed by atoms with van der Waals surface area (Å²) < 4.78 is 12.3. The molecule has 1 fully saturated rings. The van der Waals surface area contributed by atoms with Gasteiger partial charge in [0.15, 0.2) is 6.29 Å². The quantitative estimate of drug-likeness (QED) is 0.789. The van der Waals surface area contributed by atoms with Crippen molar-refractivity contribution < 1.29 is 19.7 Å². The third-order valence-electron chi connectivity index (χ3n) is 3.33. The fourth-order valence-electron chi connectivity index (χ4n) is 2.38. The molecule has 0 radical (unpaired) electrons. The van der Waals surface area contributed by atoms with E-state index in [0.717, 1.165) is 12.1 Å². The first kappa shape index (κ1) is 15.4. The van der Waals surface area contributed by atoms with Gasteiger partial charge in [0.25, 0.3) is 0 Å². The molecule has 1 aliphatic heterocycles. The van der Waals surface area contributed by atoms with Crippen molar-refractivity contribution in [2.75, 3.05) is 7.11 Å². The molecule has 1 saturated heterocycles. The van der Waals surface area contributed by atoms with E-state index in [-0.39, 0.29) is 6.10 Å². The molecule has 4 atom stereocenters. The van der Waals surface area contributed by atoms with Crippen LogP contribution in [0.2, 0.25) is 0 Å². The predicted octanol–water partition coefficient (Wildman–Crippen LogP) is -0.0402. The Bertz CT molecular complexity index is 424. The van der Waals surface area contributed by atoms with E-state index >= 15 is 0 Å². The number of nitrogens with zero attached hydrogens (tertiary/aromatic N) is 3. The first-order valence-electron chi connectivity index (χ1n) is 6.93. The Morgan fingerprint density at radius 2 is 2.25 bits per heavy atom. The van der Waals surface area contributed by atoms with Gasteiger partial charge in [0.05, 0.1) is 24.4 Å². The summed E-state index contributed by atoms with van der Waals surface area (Å²) in [6, 6.07) is 0. The minimum absolute atomic E-state index is 0.257. The van der Waals surface area contributed by atoms with Gasteiger partial charge in [-0.1, -0.05) is 19.1 Å². The molecule has 114 valence electrons. The summed E-state index contributed by atoms with van der Waals surface area (Å²) in [5, 5.41) is 27.7. The molecule has 0 bridgehead atoms. The number of aromatic nitrogens is 3. The molecule has 1 aromatic rings. The molecule has 2 rings (SSSR count). The van der Waals surface area contributed by atoms with Crippen LogP contribution in [0.4, 0.5) is 0 Å². The van der Waals surface area contributed by atoms with Crippen LogP contribution in [0.3, 0.4) is 0 Å². The Hall–Kier alpha value is -1.02. The molecule has 7 nitrogen and oxygen atoms in total. The van der Waals surface area contributed by atoms with Crippen LogP contribution >= 0.6 is 0 Å². The second-order valence-corrected chi connectivity index (χ2v) is 5.69. The van der Waals surface area contributed by atoms with Crippen LogP contribution in [0.25, 0.3) is 0 Å². The summed E-state index contributed by atoms with van der Waals surface area (Å²) in [7, 11) is 1.44. The average Bonchev–Trinajstić information content (AvgIpc) is 2.80. The van der Waals surface area contributed by atoms with Crippen molar-refractivity contribution in [1.29, 1.82) is 0 Å². The van der Waals surface area contributed by atoms with Crippen molar-refractivity contribution in [2.45, 2.75) is 57.8 Å². The molecular weight excluding hydrogens is 262 g/mol. The first-order chi connectivity index (χ1) is 9.49. The highest BCUT2D eigenvalue weighted by molar-refractivity contribution is 4.93. The molecule has 0 aromatic carbocycles. The van der Waals surface area contributed by atoms with Crippen LogP contribution in [0.5, 0.6) is 0 Å². The minimum atomic E-state index is -1.01. The van der Waals surface area contributed by atoms with Gasteiger partial charge in [-0.15, -0.1) is 5.10 Å². The number of rotatable bonds is 5. The molecule has 0 unspecified atom stereocenters. The van der Waals surface area contributed by atoms with E-state index in [1.807, 2.05) is 6.20 Å². The highest BCUT2D eigenvalue weighted by Gasteiger charge is 2.37. The topological polar surface area (TPSA) is 89.6 Å². The maximum Gasteiger partial charge on any atom is 0.186 e. The summed E-state index contributed by atoms with van der Waals surface area (Å²) in [5.74, 6) is 0.529. The normalized spacial score (nSPS) is 30.9. The fourth-order valence-corrected chi connectivity index (χ4v) is 2.38. The second-order valence-electron chi connectivity index (χ2n) is 5.69. The zero-order chi connectivity index (χ0) is 14.7. The summed E-state index contributed by atoms with van der Waals surface area (Å²) >= 11 is 0. The highest BCUT2D eigenvalue weighted by atomic mass is 16.7. The van der Waals surface area contributed by atoms with Crippen LogP contribution in [-0.2, 0) is 22.4 Å². The molecule has 2 heterocycles. The number of aliphatic hydroxyl groups is 2. The van der Waals surface area contributed by atoms with Gasteiger partial charge in [-0.3, -0.25) is 0 Å². The van der Waals surface area contributed by atoms with Gasteiger partial charge in [0.2, 0.25) is 0 Å². The Balaban J connectivity index is 1.94. The fraction of sp³-hybridized carbons (Fsp3) is 0.846. The van der Waals surface area contributed by atoms with Crippen molar-refractivity contribution >= 4 is 0 Å². The van der Waals surface area contributed by atoms with Crippen LogP contribution < -0.4 is 0 Å². The molecule has 0 aliphatic carbocycles. The van der Waals surface area contributed by atoms with Crippen molar-refractivity contribution in [2.24, 2.45) is 5.92 Å². The smallest absolute Gasteiger partial charge is 0.186 e. The summed E-state index contributed by atoms with van der Waals surface area (Å²) in [6.07, 6.45) is 0.200. The second kappa shape index (κ2) is 6.62. The van der Waals surface area contributed by atoms with E-state index in [9.17, 15) is 10.2 Å². The summed E-state index contributed by atoms with van der Waals surface area (Å²) in [6.45, 7) is 4.74. The lowest BCUT2D eigenvalue weighted by molar-refractivity contribution is -0.260. The standard InChI is InChI=1S/C13H23N3O4/c1-8(2)4-9-6-16(15-14-9)7-10-5-11(17)12(18)13(19-3)20-10/h6,8,10-13,17-18H,4-5,7H2,1-3H3/t10-,11-,12+,13-/m0/s1. The van der Waals surface area contributed by atoms with E-state index in [1.165, 1.54) is 7.11 Å². The van der Waals surface area contributed by atoms with Gasteiger partial charge in [0, 0.05) is 19.7 Å². The molecule has 0 spiro atoms. The van der Waals surface area contributed by atoms with E-state index in [4.69, 9.17) is 9.47 Å². The number of ether oxygens (including phenoxy) is 2. The molecule has 0 saturated carbocycles. The molecule has 2 N–H and O–H groups in total. The maximum atomic E-state index is 9.80. The predicted molar refractivity (Wildman–Crippen MR) is 70.9 cm³/mol. The lowest BCUT2D eigenvalue weighted by atomic mass is 10.0. The van der Waals surface area contributed by atoms with E-state index in [0.29, 0.717) is 18.9 Å². The van der Waals surface area contributed by atoms with Gasteiger partial charge in [-0.25, -0.2) is 4.68 Å². The minimum Gasteiger partial charge on any atom is -0.390 e. The van der Waals surface area contributed by atoms with Gasteiger partial charge in [-0.2, -0.15) is 0 Å². The Morgan fingerprint density at radius 3 is 2.90 bits per heavy atom. The van der Waals surface area contributed by atoms with Crippen molar-refractivity contribution in [3.8, 4) is 0 Å². The van der Waals surface area contributed by atoms with E-state index in [1.54, 1.807) is 4.68 Å². The average molecular weight is 285 g/mol. The molecular formula is C13H23N3O4. The number of hydrogen-bond donors (Lipinski definition) is 2. The van der Waals surface area contributed by atoms with Gasteiger partial charge in [0.1, 0.15) is 6.10 Å². The first-order valence-corrected chi connectivity index (χ1v) is 6.93. The van der Waals surface area contributed by atoms with Crippen LogP contribution in [0.15, 0.2) is 6.20 Å². The zero-order valence-electron chi connectivity index (χ0n) is 12.1. The number of methoxy groups -OCH3 is 1.